The molecule has 0 spiro atoms. The monoisotopic (exact) mass is 236 g/mol. The van der Waals surface area contributed by atoms with E-state index in [2.05, 4.69) is 5.32 Å². The molecule has 0 radical (unpaired) electrons. The maximum absolute atomic E-state index is 13.1. The third-order valence-electron chi connectivity index (χ3n) is 2.30. The van der Waals surface area contributed by atoms with Crippen molar-refractivity contribution in [3.05, 3.63) is 35.1 Å². The number of nitrogens with zero attached hydrogens (tertiary/aromatic N) is 1. The maximum Gasteiger partial charge on any atom is 0.124 e. The highest BCUT2D eigenvalue weighted by molar-refractivity contribution is 5.33. The van der Waals surface area contributed by atoms with E-state index in [0.29, 0.717) is 25.3 Å². The first-order valence-electron chi connectivity index (χ1n) is 5.67. The van der Waals surface area contributed by atoms with Crippen LogP contribution in [0.5, 0.6) is 0 Å². The van der Waals surface area contributed by atoms with E-state index in [0.717, 1.165) is 5.56 Å². The number of nitrogens with one attached hydrogen (secondary N) is 1. The molecular weight excluding hydrogens is 219 g/mol. The number of ether oxygens (including phenoxy) is 1. The molecule has 0 saturated heterocycles. The summed E-state index contributed by atoms with van der Waals surface area (Å²) in [6.07, 6.45) is 0.129. The van der Waals surface area contributed by atoms with Crippen LogP contribution in [0, 0.1) is 17.1 Å². The van der Waals surface area contributed by atoms with Gasteiger partial charge in [-0.3, -0.25) is 0 Å². The first kappa shape index (κ1) is 13.6. The molecule has 0 aliphatic heterocycles. The van der Waals surface area contributed by atoms with Crippen LogP contribution in [0.15, 0.2) is 18.2 Å². The van der Waals surface area contributed by atoms with Crippen molar-refractivity contribution in [3.8, 4) is 6.07 Å². The normalized spacial score (nSPS) is 12.1. The summed E-state index contributed by atoms with van der Waals surface area (Å²) in [6, 6.07) is 6.28. The van der Waals surface area contributed by atoms with Crippen LogP contribution in [0.25, 0.3) is 0 Å². The van der Waals surface area contributed by atoms with Gasteiger partial charge in [0.1, 0.15) is 5.82 Å². The number of benzene rings is 1. The third kappa shape index (κ3) is 4.94. The molecule has 0 saturated carbocycles. The van der Waals surface area contributed by atoms with E-state index in [1.54, 1.807) is 6.07 Å². The van der Waals surface area contributed by atoms with E-state index in [-0.39, 0.29) is 11.9 Å². The minimum Gasteiger partial charge on any atom is -0.377 e. The predicted octanol–water partition coefficient (Wildman–Crippen LogP) is 2.21. The summed E-state index contributed by atoms with van der Waals surface area (Å²) in [4.78, 5) is 0. The Hall–Kier alpha value is -1.44. The summed E-state index contributed by atoms with van der Waals surface area (Å²) in [5.74, 6) is -0.376. The molecule has 17 heavy (non-hydrogen) atoms. The van der Waals surface area contributed by atoms with Gasteiger partial charge in [0.15, 0.2) is 0 Å². The Balaban J connectivity index is 2.47. The molecule has 1 unspecified atom stereocenters. The molecule has 1 aromatic carbocycles. The number of halogens is 1. The molecule has 0 aliphatic rings. The Kier molecular flexibility index (Phi) is 5.61. The van der Waals surface area contributed by atoms with Gasteiger partial charge in [0.25, 0.3) is 0 Å². The van der Waals surface area contributed by atoms with Crippen molar-refractivity contribution in [1.82, 2.24) is 5.32 Å². The molecule has 4 heteroatoms. The van der Waals surface area contributed by atoms with Crippen LogP contribution in [0.2, 0.25) is 0 Å². The van der Waals surface area contributed by atoms with Gasteiger partial charge in [0, 0.05) is 19.7 Å². The lowest BCUT2D eigenvalue weighted by molar-refractivity contribution is 0.0759. The quantitative estimate of drug-likeness (QED) is 0.823. The molecule has 3 nitrogen and oxygen atoms in total. The van der Waals surface area contributed by atoms with Crippen molar-refractivity contribution in [1.29, 1.82) is 5.26 Å². The van der Waals surface area contributed by atoms with Crippen LogP contribution in [0.3, 0.4) is 0 Å². The Morgan fingerprint density at radius 1 is 1.47 bits per heavy atom. The zero-order chi connectivity index (χ0) is 12.7. The van der Waals surface area contributed by atoms with Crippen LogP contribution in [-0.2, 0) is 11.3 Å². The minimum atomic E-state index is -0.376. The van der Waals surface area contributed by atoms with Gasteiger partial charge in [0.05, 0.1) is 17.7 Å². The molecule has 1 aromatic rings. The van der Waals surface area contributed by atoms with Gasteiger partial charge in [-0.1, -0.05) is 0 Å². The Morgan fingerprint density at radius 3 is 2.88 bits per heavy atom. The Bertz CT molecular complexity index is 401. The highest BCUT2D eigenvalue weighted by Gasteiger charge is 2.02. The van der Waals surface area contributed by atoms with Crippen molar-refractivity contribution in [2.24, 2.45) is 0 Å². The van der Waals surface area contributed by atoms with Crippen LogP contribution in [-0.4, -0.2) is 19.3 Å². The average Bonchev–Trinajstić information content (AvgIpc) is 2.28. The molecule has 1 rings (SSSR count). The molecule has 1 atom stereocenters. The lowest BCUT2D eigenvalue weighted by Gasteiger charge is -2.12. The van der Waals surface area contributed by atoms with Gasteiger partial charge in [0.2, 0.25) is 0 Å². The molecule has 0 bridgehead atoms. The van der Waals surface area contributed by atoms with E-state index in [1.165, 1.54) is 12.1 Å². The minimum absolute atomic E-state index is 0.129. The third-order valence-corrected chi connectivity index (χ3v) is 2.30. The summed E-state index contributed by atoms with van der Waals surface area (Å²) in [5, 5.41) is 11.9. The lowest BCUT2D eigenvalue weighted by atomic mass is 10.1. The van der Waals surface area contributed by atoms with Crippen molar-refractivity contribution in [2.75, 3.05) is 13.2 Å². The zero-order valence-corrected chi connectivity index (χ0v) is 10.2. The summed E-state index contributed by atoms with van der Waals surface area (Å²) in [6.45, 7) is 5.84. The highest BCUT2D eigenvalue weighted by Crippen LogP contribution is 2.08. The predicted molar refractivity (Wildman–Crippen MR) is 63.9 cm³/mol. The fraction of sp³-hybridized carbons (Fsp3) is 0.462. The summed E-state index contributed by atoms with van der Waals surface area (Å²) in [7, 11) is 0. The number of hydrogen-bond acceptors (Lipinski definition) is 3. The van der Waals surface area contributed by atoms with Crippen LogP contribution in [0.1, 0.15) is 25.0 Å². The second-order valence-electron chi connectivity index (χ2n) is 3.86. The van der Waals surface area contributed by atoms with Crippen molar-refractivity contribution < 1.29 is 9.13 Å². The van der Waals surface area contributed by atoms with Crippen molar-refractivity contribution >= 4 is 0 Å². The first-order chi connectivity index (χ1) is 8.15. The fourth-order valence-electron chi connectivity index (χ4n) is 1.58. The standard InChI is InChI=1S/C13H17FN2O/c1-3-17-10(2)8-16-9-12-4-11(7-15)5-13(14)6-12/h4-6,10,16H,3,8-9H2,1-2H3. The summed E-state index contributed by atoms with van der Waals surface area (Å²) >= 11 is 0. The molecule has 0 heterocycles. The molecule has 0 aliphatic carbocycles. The molecule has 92 valence electrons. The van der Waals surface area contributed by atoms with Gasteiger partial charge in [-0.2, -0.15) is 5.26 Å². The van der Waals surface area contributed by atoms with Gasteiger partial charge in [-0.25, -0.2) is 4.39 Å². The van der Waals surface area contributed by atoms with Gasteiger partial charge in [-0.15, -0.1) is 0 Å². The molecule has 1 N–H and O–H groups in total. The van der Waals surface area contributed by atoms with Crippen molar-refractivity contribution in [2.45, 2.75) is 26.5 Å². The number of nitriles is 1. The number of hydrogen-bond donors (Lipinski definition) is 1. The van der Waals surface area contributed by atoms with Gasteiger partial charge < -0.3 is 10.1 Å². The summed E-state index contributed by atoms with van der Waals surface area (Å²) in [5.41, 5.74) is 1.12. The van der Waals surface area contributed by atoms with Crippen LogP contribution in [0.4, 0.5) is 4.39 Å². The highest BCUT2D eigenvalue weighted by atomic mass is 19.1. The first-order valence-corrected chi connectivity index (χ1v) is 5.67. The van der Waals surface area contributed by atoms with Crippen molar-refractivity contribution in [3.63, 3.8) is 0 Å². The maximum atomic E-state index is 13.1. The second-order valence-corrected chi connectivity index (χ2v) is 3.86. The average molecular weight is 236 g/mol. The largest absolute Gasteiger partial charge is 0.377 e. The topological polar surface area (TPSA) is 45.0 Å². The van der Waals surface area contributed by atoms with E-state index in [1.807, 2.05) is 19.9 Å². The molecular formula is C13H17FN2O. The van der Waals surface area contributed by atoms with E-state index < -0.39 is 0 Å². The van der Waals surface area contributed by atoms with Crippen LogP contribution >= 0.6 is 0 Å². The second kappa shape index (κ2) is 7.00. The van der Waals surface area contributed by atoms with Gasteiger partial charge >= 0.3 is 0 Å². The smallest absolute Gasteiger partial charge is 0.124 e. The van der Waals surface area contributed by atoms with E-state index in [9.17, 15) is 4.39 Å². The van der Waals surface area contributed by atoms with E-state index >= 15 is 0 Å². The van der Waals surface area contributed by atoms with Crippen LogP contribution < -0.4 is 5.32 Å². The SMILES string of the molecule is CCOC(C)CNCc1cc(F)cc(C#N)c1. The lowest BCUT2D eigenvalue weighted by Crippen LogP contribution is -2.26. The molecule has 0 aromatic heterocycles. The van der Waals surface area contributed by atoms with E-state index in [4.69, 9.17) is 10.00 Å². The Labute approximate surface area is 101 Å². The zero-order valence-electron chi connectivity index (χ0n) is 10.2. The molecule has 0 amide bonds. The summed E-state index contributed by atoms with van der Waals surface area (Å²) < 4.78 is 18.5. The van der Waals surface area contributed by atoms with Gasteiger partial charge in [-0.05, 0) is 37.6 Å². The molecule has 0 fully saturated rings. The number of rotatable bonds is 6. The fourth-order valence-corrected chi connectivity index (χ4v) is 1.58. The Morgan fingerprint density at radius 2 is 2.24 bits per heavy atom.